The molecule has 0 aliphatic rings. The van der Waals surface area contributed by atoms with Crippen LogP contribution in [0.3, 0.4) is 0 Å². The molecule has 24 heavy (non-hydrogen) atoms. The SMILES string of the molecule is COc1ccc(C=c2sc3nc(-c4cccnc4)nn3c2=O)cc1. The highest BCUT2D eigenvalue weighted by atomic mass is 32.1. The highest BCUT2D eigenvalue weighted by Crippen LogP contribution is 2.15. The number of rotatable bonds is 3. The molecule has 0 bridgehead atoms. The van der Waals surface area contributed by atoms with Gasteiger partial charge in [-0.05, 0) is 35.9 Å². The van der Waals surface area contributed by atoms with E-state index in [-0.39, 0.29) is 5.56 Å². The van der Waals surface area contributed by atoms with E-state index < -0.39 is 0 Å². The summed E-state index contributed by atoms with van der Waals surface area (Å²) < 4.78 is 7.06. The Hall–Kier alpha value is -3.06. The Morgan fingerprint density at radius 1 is 1.21 bits per heavy atom. The molecule has 0 aliphatic carbocycles. The number of aromatic nitrogens is 4. The van der Waals surface area contributed by atoms with E-state index >= 15 is 0 Å². The van der Waals surface area contributed by atoms with Crippen molar-refractivity contribution in [3.8, 4) is 17.1 Å². The largest absolute Gasteiger partial charge is 0.497 e. The van der Waals surface area contributed by atoms with Gasteiger partial charge in [0.1, 0.15) is 5.75 Å². The van der Waals surface area contributed by atoms with Gasteiger partial charge in [-0.3, -0.25) is 9.78 Å². The topological polar surface area (TPSA) is 69.4 Å². The molecule has 3 aromatic heterocycles. The summed E-state index contributed by atoms with van der Waals surface area (Å²) in [4.78, 5) is 21.5. The molecule has 7 heteroatoms. The summed E-state index contributed by atoms with van der Waals surface area (Å²) in [7, 11) is 1.62. The molecular formula is C17H12N4O2S. The van der Waals surface area contributed by atoms with E-state index in [0.29, 0.717) is 15.3 Å². The molecule has 0 saturated heterocycles. The average Bonchev–Trinajstić information content (AvgIpc) is 3.17. The maximum atomic E-state index is 12.5. The van der Waals surface area contributed by atoms with Gasteiger partial charge in [-0.25, -0.2) is 0 Å². The first-order valence-corrected chi connectivity index (χ1v) is 8.02. The molecule has 0 amide bonds. The predicted octanol–water partition coefficient (Wildman–Crippen LogP) is 1.77. The number of pyridine rings is 1. The fourth-order valence-electron chi connectivity index (χ4n) is 2.30. The minimum absolute atomic E-state index is 0.173. The maximum Gasteiger partial charge on any atom is 0.291 e. The lowest BCUT2D eigenvalue weighted by atomic mass is 10.2. The van der Waals surface area contributed by atoms with Gasteiger partial charge in [-0.15, -0.1) is 5.10 Å². The second-order valence-electron chi connectivity index (χ2n) is 5.06. The summed E-state index contributed by atoms with van der Waals surface area (Å²) in [6.07, 6.45) is 5.18. The summed E-state index contributed by atoms with van der Waals surface area (Å²) >= 11 is 1.31. The van der Waals surface area contributed by atoms with Gasteiger partial charge in [0.15, 0.2) is 5.82 Å². The zero-order chi connectivity index (χ0) is 16.5. The summed E-state index contributed by atoms with van der Waals surface area (Å²) in [5, 5.41) is 4.30. The third kappa shape index (κ3) is 2.55. The number of ether oxygens (including phenoxy) is 1. The van der Waals surface area contributed by atoms with Gasteiger partial charge in [-0.1, -0.05) is 23.5 Å². The van der Waals surface area contributed by atoms with Crippen molar-refractivity contribution >= 4 is 22.4 Å². The van der Waals surface area contributed by atoms with Gasteiger partial charge in [-0.2, -0.15) is 9.50 Å². The molecule has 1 aromatic carbocycles. The first-order valence-electron chi connectivity index (χ1n) is 7.20. The van der Waals surface area contributed by atoms with Crippen molar-refractivity contribution in [1.82, 2.24) is 19.6 Å². The third-order valence-corrected chi connectivity index (χ3v) is 4.47. The molecule has 0 N–H and O–H groups in total. The van der Waals surface area contributed by atoms with E-state index in [9.17, 15) is 4.79 Å². The lowest BCUT2D eigenvalue weighted by Crippen LogP contribution is -2.23. The Morgan fingerprint density at radius 2 is 2.04 bits per heavy atom. The van der Waals surface area contributed by atoms with Crippen LogP contribution in [0.2, 0.25) is 0 Å². The van der Waals surface area contributed by atoms with E-state index in [1.54, 1.807) is 19.5 Å². The minimum atomic E-state index is -0.173. The van der Waals surface area contributed by atoms with Gasteiger partial charge in [0, 0.05) is 18.0 Å². The van der Waals surface area contributed by atoms with Crippen LogP contribution in [0.1, 0.15) is 5.56 Å². The quantitative estimate of drug-likeness (QED) is 0.570. The second kappa shape index (κ2) is 5.86. The van der Waals surface area contributed by atoms with Gasteiger partial charge in [0.25, 0.3) is 5.56 Å². The van der Waals surface area contributed by atoms with Crippen LogP contribution < -0.4 is 14.8 Å². The van der Waals surface area contributed by atoms with Gasteiger partial charge in [0.2, 0.25) is 4.96 Å². The number of nitrogens with zero attached hydrogens (tertiary/aromatic N) is 4. The van der Waals surface area contributed by atoms with Crippen LogP contribution in [0, 0.1) is 0 Å². The molecule has 0 atom stereocenters. The first kappa shape index (κ1) is 14.5. The molecule has 0 aliphatic heterocycles. The summed E-state index contributed by atoms with van der Waals surface area (Å²) in [5.41, 5.74) is 1.53. The molecule has 4 rings (SSSR count). The van der Waals surface area contributed by atoms with Crippen molar-refractivity contribution < 1.29 is 4.74 Å². The van der Waals surface area contributed by atoms with Gasteiger partial charge < -0.3 is 4.74 Å². The van der Waals surface area contributed by atoms with Gasteiger partial charge in [0.05, 0.1) is 11.6 Å². The van der Waals surface area contributed by atoms with Crippen LogP contribution in [-0.4, -0.2) is 26.7 Å². The molecule has 3 heterocycles. The van der Waals surface area contributed by atoms with Crippen molar-refractivity contribution in [2.75, 3.05) is 7.11 Å². The zero-order valence-electron chi connectivity index (χ0n) is 12.7. The van der Waals surface area contributed by atoms with Gasteiger partial charge >= 0.3 is 0 Å². The van der Waals surface area contributed by atoms with Crippen LogP contribution in [0.15, 0.2) is 53.6 Å². The Balaban J connectivity index is 1.78. The molecule has 0 radical (unpaired) electrons. The molecule has 4 aromatic rings. The highest BCUT2D eigenvalue weighted by Gasteiger charge is 2.11. The van der Waals surface area contributed by atoms with E-state index in [0.717, 1.165) is 16.9 Å². The van der Waals surface area contributed by atoms with Crippen molar-refractivity contribution in [2.45, 2.75) is 0 Å². The summed E-state index contributed by atoms with van der Waals surface area (Å²) in [6.45, 7) is 0. The Kier molecular flexibility index (Phi) is 3.55. The number of benzene rings is 1. The van der Waals surface area contributed by atoms with E-state index in [4.69, 9.17) is 4.74 Å². The normalized spacial score (nSPS) is 12.0. The van der Waals surface area contributed by atoms with Crippen LogP contribution >= 0.6 is 11.3 Å². The van der Waals surface area contributed by atoms with Crippen molar-refractivity contribution in [1.29, 1.82) is 0 Å². The fraction of sp³-hybridized carbons (Fsp3) is 0.0588. The lowest BCUT2D eigenvalue weighted by molar-refractivity contribution is 0.415. The van der Waals surface area contributed by atoms with Crippen LogP contribution in [0.4, 0.5) is 0 Å². The molecular weight excluding hydrogens is 324 g/mol. The van der Waals surface area contributed by atoms with Crippen LogP contribution in [-0.2, 0) is 0 Å². The number of thiazole rings is 1. The highest BCUT2D eigenvalue weighted by molar-refractivity contribution is 7.15. The maximum absolute atomic E-state index is 12.5. The molecule has 6 nitrogen and oxygen atoms in total. The Labute approximate surface area is 140 Å². The number of hydrogen-bond acceptors (Lipinski definition) is 6. The Bertz CT molecular complexity index is 1100. The molecule has 118 valence electrons. The fourth-order valence-corrected chi connectivity index (χ4v) is 3.21. The van der Waals surface area contributed by atoms with Crippen molar-refractivity contribution in [2.24, 2.45) is 0 Å². The molecule has 0 saturated carbocycles. The zero-order valence-corrected chi connectivity index (χ0v) is 13.5. The predicted molar refractivity (Wildman–Crippen MR) is 92.1 cm³/mol. The smallest absolute Gasteiger partial charge is 0.291 e. The number of fused-ring (bicyclic) bond motifs is 1. The number of methoxy groups -OCH3 is 1. The Morgan fingerprint density at radius 3 is 2.71 bits per heavy atom. The molecule has 0 unspecified atom stereocenters. The van der Waals surface area contributed by atoms with E-state index in [1.807, 2.05) is 42.5 Å². The third-order valence-electron chi connectivity index (χ3n) is 3.52. The van der Waals surface area contributed by atoms with Crippen LogP contribution in [0.5, 0.6) is 5.75 Å². The monoisotopic (exact) mass is 336 g/mol. The van der Waals surface area contributed by atoms with E-state index in [1.165, 1.54) is 15.9 Å². The molecule has 0 spiro atoms. The van der Waals surface area contributed by atoms with Crippen molar-refractivity contribution in [3.05, 3.63) is 69.2 Å². The standard InChI is InChI=1S/C17H12N4O2S/c1-23-13-6-4-11(5-7-13)9-14-16(22)21-17(24-14)19-15(20-21)12-3-2-8-18-10-12/h2-10H,1H3. The van der Waals surface area contributed by atoms with Crippen LogP contribution in [0.25, 0.3) is 22.4 Å². The second-order valence-corrected chi connectivity index (χ2v) is 6.07. The molecule has 0 fully saturated rings. The first-order chi connectivity index (χ1) is 11.7. The van der Waals surface area contributed by atoms with Crippen molar-refractivity contribution in [3.63, 3.8) is 0 Å². The average molecular weight is 336 g/mol. The lowest BCUT2D eigenvalue weighted by Gasteiger charge is -1.98. The minimum Gasteiger partial charge on any atom is -0.497 e. The summed E-state index contributed by atoms with van der Waals surface area (Å²) in [5.74, 6) is 1.28. The summed E-state index contributed by atoms with van der Waals surface area (Å²) in [6, 6.07) is 11.2. The number of hydrogen-bond donors (Lipinski definition) is 0. The van der Waals surface area contributed by atoms with E-state index in [2.05, 4.69) is 15.1 Å².